The molecule has 2 N–H and O–H groups in total. The fraction of sp³-hybridized carbons (Fsp3) is 0.467. The smallest absolute Gasteiger partial charge is 0.257 e. The molecule has 0 saturated heterocycles. The van der Waals surface area contributed by atoms with E-state index in [2.05, 4.69) is 12.2 Å². The molecule has 0 unspecified atom stereocenters. The van der Waals surface area contributed by atoms with Crippen molar-refractivity contribution in [2.24, 2.45) is 0 Å². The maximum atomic E-state index is 11.8. The minimum Gasteiger partial charge on any atom is -0.395 e. The summed E-state index contributed by atoms with van der Waals surface area (Å²) in [5.74, 6) is -0.738. The van der Waals surface area contributed by atoms with Gasteiger partial charge in [-0.05, 0) is 25.1 Å². The number of aliphatic hydroxyl groups is 1. The third kappa shape index (κ3) is 5.95. The molecule has 0 atom stereocenters. The lowest BCUT2D eigenvalue weighted by Crippen LogP contribution is -2.41. The lowest BCUT2D eigenvalue weighted by molar-refractivity contribution is -0.121. The molecule has 1 rings (SSSR count). The SMILES string of the molecule is CCCCN(CCO)CC(=O)NC(=O)c1ccccc1. The summed E-state index contributed by atoms with van der Waals surface area (Å²) in [5.41, 5.74) is 0.461. The van der Waals surface area contributed by atoms with Crippen LogP contribution in [0, 0.1) is 0 Å². The van der Waals surface area contributed by atoms with Crippen LogP contribution in [0.3, 0.4) is 0 Å². The van der Waals surface area contributed by atoms with Crippen molar-refractivity contribution in [1.82, 2.24) is 10.2 Å². The number of nitrogens with one attached hydrogen (secondary N) is 1. The molecule has 0 radical (unpaired) electrons. The third-order valence-corrected chi connectivity index (χ3v) is 2.90. The molecule has 20 heavy (non-hydrogen) atoms. The number of hydrogen-bond donors (Lipinski definition) is 2. The van der Waals surface area contributed by atoms with E-state index in [9.17, 15) is 9.59 Å². The molecule has 5 nitrogen and oxygen atoms in total. The Morgan fingerprint density at radius 1 is 1.20 bits per heavy atom. The van der Waals surface area contributed by atoms with Gasteiger partial charge in [0.15, 0.2) is 0 Å². The lowest BCUT2D eigenvalue weighted by Gasteiger charge is -2.20. The average molecular weight is 278 g/mol. The standard InChI is InChI=1S/C15H22N2O3/c1-2-3-9-17(10-11-18)12-14(19)16-15(20)13-7-5-4-6-8-13/h4-8,18H,2-3,9-12H2,1H3,(H,16,19,20). The Morgan fingerprint density at radius 2 is 1.90 bits per heavy atom. The molecule has 0 fully saturated rings. The minimum absolute atomic E-state index is 0.00360. The number of carbonyl (C=O) groups is 2. The Labute approximate surface area is 119 Å². The Bertz CT molecular complexity index is 420. The number of carbonyl (C=O) groups excluding carboxylic acids is 2. The van der Waals surface area contributed by atoms with Gasteiger partial charge < -0.3 is 5.11 Å². The number of amides is 2. The van der Waals surface area contributed by atoms with Crippen molar-refractivity contribution in [1.29, 1.82) is 0 Å². The van der Waals surface area contributed by atoms with Crippen LogP contribution in [0.1, 0.15) is 30.1 Å². The second kappa shape index (κ2) is 9.23. The zero-order valence-electron chi connectivity index (χ0n) is 11.8. The van der Waals surface area contributed by atoms with Crippen LogP contribution in [0.5, 0.6) is 0 Å². The van der Waals surface area contributed by atoms with E-state index in [4.69, 9.17) is 5.11 Å². The number of benzene rings is 1. The average Bonchev–Trinajstić information content (AvgIpc) is 2.45. The summed E-state index contributed by atoms with van der Waals surface area (Å²) in [6, 6.07) is 8.63. The van der Waals surface area contributed by atoms with Crippen LogP contribution in [-0.4, -0.2) is 48.1 Å². The minimum atomic E-state index is -0.393. The van der Waals surface area contributed by atoms with Gasteiger partial charge in [-0.1, -0.05) is 31.5 Å². The first-order valence-corrected chi connectivity index (χ1v) is 6.89. The molecule has 5 heteroatoms. The Kier molecular flexibility index (Phi) is 7.54. The van der Waals surface area contributed by atoms with Gasteiger partial charge in [-0.15, -0.1) is 0 Å². The number of hydrogen-bond acceptors (Lipinski definition) is 4. The normalized spacial score (nSPS) is 10.6. The number of rotatable bonds is 8. The molecular formula is C15H22N2O3. The van der Waals surface area contributed by atoms with E-state index in [1.807, 2.05) is 11.0 Å². The molecule has 0 heterocycles. The summed E-state index contributed by atoms with van der Waals surface area (Å²) < 4.78 is 0. The molecule has 1 aromatic carbocycles. The fourth-order valence-corrected chi connectivity index (χ4v) is 1.82. The molecule has 0 aromatic heterocycles. The van der Waals surface area contributed by atoms with Crippen molar-refractivity contribution in [3.63, 3.8) is 0 Å². The van der Waals surface area contributed by atoms with Gasteiger partial charge in [-0.2, -0.15) is 0 Å². The van der Waals surface area contributed by atoms with E-state index in [0.29, 0.717) is 12.1 Å². The Morgan fingerprint density at radius 3 is 2.50 bits per heavy atom. The molecule has 0 aliphatic rings. The van der Waals surface area contributed by atoms with Gasteiger partial charge in [0.1, 0.15) is 0 Å². The van der Waals surface area contributed by atoms with Gasteiger partial charge in [0, 0.05) is 12.1 Å². The van der Waals surface area contributed by atoms with Crippen molar-refractivity contribution in [3.8, 4) is 0 Å². The number of aliphatic hydroxyl groups excluding tert-OH is 1. The van der Waals surface area contributed by atoms with Gasteiger partial charge in [0.05, 0.1) is 13.2 Å². The van der Waals surface area contributed by atoms with Crippen LogP contribution in [0.4, 0.5) is 0 Å². The molecule has 0 spiro atoms. The van der Waals surface area contributed by atoms with Crippen LogP contribution < -0.4 is 5.32 Å². The van der Waals surface area contributed by atoms with Gasteiger partial charge >= 0.3 is 0 Å². The summed E-state index contributed by atoms with van der Waals surface area (Å²) in [4.78, 5) is 25.5. The molecule has 0 aliphatic carbocycles. The number of nitrogens with zero attached hydrogens (tertiary/aromatic N) is 1. The van der Waals surface area contributed by atoms with Gasteiger partial charge in [0.25, 0.3) is 5.91 Å². The highest BCUT2D eigenvalue weighted by Crippen LogP contribution is 1.98. The first-order valence-electron chi connectivity index (χ1n) is 6.89. The van der Waals surface area contributed by atoms with E-state index in [-0.39, 0.29) is 19.1 Å². The largest absolute Gasteiger partial charge is 0.395 e. The van der Waals surface area contributed by atoms with Crippen LogP contribution >= 0.6 is 0 Å². The van der Waals surface area contributed by atoms with E-state index in [1.54, 1.807) is 24.3 Å². The first-order chi connectivity index (χ1) is 9.67. The van der Waals surface area contributed by atoms with E-state index < -0.39 is 5.91 Å². The van der Waals surface area contributed by atoms with Crippen molar-refractivity contribution in [3.05, 3.63) is 35.9 Å². The third-order valence-electron chi connectivity index (χ3n) is 2.90. The number of unbranched alkanes of at least 4 members (excludes halogenated alkanes) is 1. The lowest BCUT2D eigenvalue weighted by atomic mass is 10.2. The summed E-state index contributed by atoms with van der Waals surface area (Å²) in [7, 11) is 0. The van der Waals surface area contributed by atoms with Crippen LogP contribution in [0.2, 0.25) is 0 Å². The fourth-order valence-electron chi connectivity index (χ4n) is 1.82. The van der Waals surface area contributed by atoms with Crippen molar-refractivity contribution in [2.45, 2.75) is 19.8 Å². The predicted octanol–water partition coefficient (Wildman–Crippen LogP) is 1.04. The van der Waals surface area contributed by atoms with Gasteiger partial charge in [-0.25, -0.2) is 0 Å². The second-order valence-electron chi connectivity index (χ2n) is 4.60. The highest BCUT2D eigenvalue weighted by molar-refractivity contribution is 6.05. The molecule has 110 valence electrons. The molecular weight excluding hydrogens is 256 g/mol. The summed E-state index contributed by atoms with van der Waals surface area (Å²) in [5, 5.41) is 11.3. The molecule has 0 saturated carbocycles. The van der Waals surface area contributed by atoms with Crippen molar-refractivity contribution in [2.75, 3.05) is 26.2 Å². The maximum absolute atomic E-state index is 11.8. The summed E-state index contributed by atoms with van der Waals surface area (Å²) >= 11 is 0. The monoisotopic (exact) mass is 278 g/mol. The number of imide groups is 1. The predicted molar refractivity (Wildman–Crippen MR) is 77.3 cm³/mol. The Balaban J connectivity index is 2.46. The second-order valence-corrected chi connectivity index (χ2v) is 4.60. The zero-order valence-corrected chi connectivity index (χ0v) is 11.8. The summed E-state index contributed by atoms with van der Waals surface area (Å²) in [6.07, 6.45) is 1.98. The molecule has 0 aliphatic heterocycles. The highest BCUT2D eigenvalue weighted by atomic mass is 16.3. The van der Waals surface area contributed by atoms with Gasteiger partial charge in [0.2, 0.25) is 5.91 Å². The quantitative estimate of drug-likeness (QED) is 0.745. The maximum Gasteiger partial charge on any atom is 0.257 e. The van der Waals surface area contributed by atoms with E-state index in [1.165, 1.54) is 0 Å². The van der Waals surface area contributed by atoms with Crippen LogP contribution in [-0.2, 0) is 4.79 Å². The topological polar surface area (TPSA) is 69.6 Å². The molecule has 1 aromatic rings. The first kappa shape index (κ1) is 16.3. The van der Waals surface area contributed by atoms with Crippen molar-refractivity contribution < 1.29 is 14.7 Å². The van der Waals surface area contributed by atoms with E-state index >= 15 is 0 Å². The van der Waals surface area contributed by atoms with Gasteiger partial charge in [-0.3, -0.25) is 19.8 Å². The zero-order chi connectivity index (χ0) is 14.8. The van der Waals surface area contributed by atoms with E-state index in [0.717, 1.165) is 19.4 Å². The van der Waals surface area contributed by atoms with Crippen LogP contribution in [0.15, 0.2) is 30.3 Å². The highest BCUT2D eigenvalue weighted by Gasteiger charge is 2.13. The molecule has 0 bridgehead atoms. The Hall–Kier alpha value is -1.72. The van der Waals surface area contributed by atoms with Crippen molar-refractivity contribution >= 4 is 11.8 Å². The molecule has 2 amide bonds. The summed E-state index contributed by atoms with van der Waals surface area (Å²) in [6.45, 7) is 3.37. The van der Waals surface area contributed by atoms with Crippen LogP contribution in [0.25, 0.3) is 0 Å².